The Balaban J connectivity index is 1.82. The minimum absolute atomic E-state index is 0.0662. The summed E-state index contributed by atoms with van der Waals surface area (Å²) in [6, 6.07) is 5.72. The van der Waals surface area contributed by atoms with Gasteiger partial charge in [-0.2, -0.15) is 0 Å². The first-order valence-corrected chi connectivity index (χ1v) is 9.16. The molecule has 1 aromatic heterocycles. The summed E-state index contributed by atoms with van der Waals surface area (Å²) in [5.41, 5.74) is 1.66. The number of carbonyl (C=O) groups is 1. The van der Waals surface area contributed by atoms with E-state index in [1.807, 2.05) is 37.4 Å². The number of hydrogen-bond acceptors (Lipinski definition) is 5. The van der Waals surface area contributed by atoms with Crippen molar-refractivity contribution < 1.29 is 14.3 Å². The molecule has 1 saturated carbocycles. The summed E-state index contributed by atoms with van der Waals surface area (Å²) in [6.45, 7) is 7.17. The van der Waals surface area contributed by atoms with Gasteiger partial charge in [-0.1, -0.05) is 6.92 Å². The van der Waals surface area contributed by atoms with E-state index in [1.54, 1.807) is 0 Å². The summed E-state index contributed by atoms with van der Waals surface area (Å²) in [5.74, 6) is 2.23. The zero-order chi connectivity index (χ0) is 17.1. The highest BCUT2D eigenvalue weighted by Crippen LogP contribution is 2.39. The molecule has 6 heteroatoms. The van der Waals surface area contributed by atoms with E-state index in [2.05, 4.69) is 17.2 Å². The third-order valence-electron chi connectivity index (χ3n) is 4.02. The van der Waals surface area contributed by atoms with Crippen molar-refractivity contribution in [3.05, 3.63) is 23.6 Å². The molecule has 1 aliphatic rings. The van der Waals surface area contributed by atoms with Crippen LogP contribution in [0, 0.1) is 11.8 Å². The molecule has 0 spiro atoms. The van der Waals surface area contributed by atoms with Gasteiger partial charge in [-0.05, 0) is 44.4 Å². The third-order valence-corrected chi connectivity index (χ3v) is 4.78. The summed E-state index contributed by atoms with van der Waals surface area (Å²) in [4.78, 5) is 16.6. The molecule has 1 N–H and O–H groups in total. The van der Waals surface area contributed by atoms with E-state index in [-0.39, 0.29) is 11.8 Å². The molecule has 128 valence electrons. The highest BCUT2D eigenvalue weighted by Gasteiger charge is 2.39. The molecule has 2 atom stereocenters. The zero-order valence-electron chi connectivity index (χ0n) is 14.2. The van der Waals surface area contributed by atoms with Gasteiger partial charge in [0.05, 0.1) is 18.9 Å². The lowest BCUT2D eigenvalue weighted by Gasteiger charge is -2.11. The molecular weight excluding hydrogens is 324 g/mol. The number of thiazole rings is 1. The minimum atomic E-state index is 0.0662. The maximum absolute atomic E-state index is 12.1. The first-order valence-electron chi connectivity index (χ1n) is 8.28. The molecule has 1 heterocycles. The Hall–Kier alpha value is -2.08. The molecule has 2 aromatic rings. The van der Waals surface area contributed by atoms with Crippen LogP contribution in [0.4, 0.5) is 5.13 Å². The summed E-state index contributed by atoms with van der Waals surface area (Å²) in [6.07, 6.45) is 0.967. The van der Waals surface area contributed by atoms with Gasteiger partial charge in [-0.15, -0.1) is 11.3 Å². The van der Waals surface area contributed by atoms with Crippen LogP contribution in [0.15, 0.2) is 23.6 Å². The molecule has 24 heavy (non-hydrogen) atoms. The quantitative estimate of drug-likeness (QED) is 0.816. The van der Waals surface area contributed by atoms with Crippen LogP contribution < -0.4 is 14.8 Å². The van der Waals surface area contributed by atoms with Crippen LogP contribution >= 0.6 is 11.3 Å². The van der Waals surface area contributed by atoms with E-state index in [9.17, 15) is 4.79 Å². The number of nitrogens with zero attached hydrogens (tertiary/aromatic N) is 1. The van der Waals surface area contributed by atoms with E-state index >= 15 is 0 Å². The smallest absolute Gasteiger partial charge is 0.229 e. The average Bonchev–Trinajstić information content (AvgIpc) is 3.12. The van der Waals surface area contributed by atoms with Crippen LogP contribution in [-0.4, -0.2) is 24.1 Å². The lowest BCUT2D eigenvalue weighted by molar-refractivity contribution is -0.117. The summed E-state index contributed by atoms with van der Waals surface area (Å²) in [5, 5.41) is 5.47. The molecular formula is C18H22N2O3S. The molecule has 1 aromatic carbocycles. The maximum Gasteiger partial charge on any atom is 0.229 e. The molecule has 3 rings (SSSR count). The van der Waals surface area contributed by atoms with E-state index in [0.717, 1.165) is 29.2 Å². The maximum atomic E-state index is 12.1. The minimum Gasteiger partial charge on any atom is -0.494 e. The van der Waals surface area contributed by atoms with Crippen molar-refractivity contribution >= 4 is 22.4 Å². The number of aromatic nitrogens is 1. The second-order valence-electron chi connectivity index (χ2n) is 5.87. The first kappa shape index (κ1) is 16.8. The fourth-order valence-electron chi connectivity index (χ4n) is 2.59. The van der Waals surface area contributed by atoms with E-state index in [1.165, 1.54) is 11.3 Å². The van der Waals surface area contributed by atoms with Crippen molar-refractivity contribution in [3.63, 3.8) is 0 Å². The topological polar surface area (TPSA) is 60.5 Å². The fraction of sp³-hybridized carbons (Fsp3) is 0.444. The average molecular weight is 346 g/mol. The Morgan fingerprint density at radius 1 is 1.33 bits per heavy atom. The second-order valence-corrected chi connectivity index (χ2v) is 6.73. The number of hydrogen-bond donors (Lipinski definition) is 1. The van der Waals surface area contributed by atoms with Crippen LogP contribution in [0.25, 0.3) is 11.3 Å². The van der Waals surface area contributed by atoms with Gasteiger partial charge in [-0.3, -0.25) is 4.79 Å². The van der Waals surface area contributed by atoms with Crippen LogP contribution in [0.5, 0.6) is 11.5 Å². The van der Waals surface area contributed by atoms with Crippen molar-refractivity contribution in [2.75, 3.05) is 18.5 Å². The van der Waals surface area contributed by atoms with Gasteiger partial charge in [0.2, 0.25) is 5.91 Å². The Kier molecular flexibility index (Phi) is 5.04. The molecule has 0 aliphatic heterocycles. The lowest BCUT2D eigenvalue weighted by Crippen LogP contribution is -2.14. The van der Waals surface area contributed by atoms with Gasteiger partial charge < -0.3 is 14.8 Å². The Morgan fingerprint density at radius 2 is 2.08 bits per heavy atom. The molecule has 0 radical (unpaired) electrons. The van der Waals surface area contributed by atoms with Crippen LogP contribution in [0.2, 0.25) is 0 Å². The number of anilines is 1. The lowest BCUT2D eigenvalue weighted by atomic mass is 10.1. The molecule has 0 bridgehead atoms. The number of rotatable bonds is 7. The molecule has 0 saturated heterocycles. The third kappa shape index (κ3) is 3.70. The standard InChI is InChI=1S/C18H22N2O3S/c1-4-22-12-6-7-16(23-5-2)14(9-12)15-10-24-18(19-15)20-17(21)13-8-11(13)3/h6-7,9-11,13H,4-5,8H2,1-3H3,(H,19,20,21)/t11-,13+/m0/s1. The van der Waals surface area contributed by atoms with E-state index < -0.39 is 0 Å². The van der Waals surface area contributed by atoms with Gasteiger partial charge in [0, 0.05) is 16.9 Å². The first-order chi connectivity index (χ1) is 11.6. The summed E-state index contributed by atoms with van der Waals surface area (Å²) in [7, 11) is 0. The SMILES string of the molecule is CCOc1ccc(OCC)c(-c2csc(NC(=O)[C@@H]3C[C@@H]3C)n2)c1. The van der Waals surface area contributed by atoms with Crippen LogP contribution in [0.1, 0.15) is 27.2 Å². The van der Waals surface area contributed by atoms with Gasteiger partial charge in [-0.25, -0.2) is 4.98 Å². The zero-order valence-corrected chi connectivity index (χ0v) is 15.0. The van der Waals surface area contributed by atoms with Gasteiger partial charge in [0.25, 0.3) is 0 Å². The highest BCUT2D eigenvalue weighted by atomic mass is 32.1. The molecule has 0 unspecified atom stereocenters. The van der Waals surface area contributed by atoms with Gasteiger partial charge >= 0.3 is 0 Å². The van der Waals surface area contributed by atoms with Crippen LogP contribution in [0.3, 0.4) is 0 Å². The van der Waals surface area contributed by atoms with Gasteiger partial charge in [0.1, 0.15) is 11.5 Å². The fourth-order valence-corrected chi connectivity index (χ4v) is 3.30. The Bertz CT molecular complexity index is 729. The Morgan fingerprint density at radius 3 is 2.75 bits per heavy atom. The summed E-state index contributed by atoms with van der Waals surface area (Å²) >= 11 is 1.43. The number of ether oxygens (including phenoxy) is 2. The molecule has 1 fully saturated rings. The summed E-state index contributed by atoms with van der Waals surface area (Å²) < 4.78 is 11.3. The predicted molar refractivity (Wildman–Crippen MR) is 95.8 cm³/mol. The molecule has 1 amide bonds. The number of carbonyl (C=O) groups excluding carboxylic acids is 1. The van der Waals surface area contributed by atoms with Crippen molar-refractivity contribution in [3.8, 4) is 22.8 Å². The largest absolute Gasteiger partial charge is 0.494 e. The Labute approximate surface area is 146 Å². The van der Waals surface area contributed by atoms with E-state index in [4.69, 9.17) is 9.47 Å². The molecule has 1 aliphatic carbocycles. The second kappa shape index (κ2) is 7.21. The highest BCUT2D eigenvalue weighted by molar-refractivity contribution is 7.14. The van der Waals surface area contributed by atoms with Gasteiger partial charge in [0.15, 0.2) is 5.13 Å². The van der Waals surface area contributed by atoms with Crippen LogP contribution in [-0.2, 0) is 4.79 Å². The predicted octanol–water partition coefficient (Wildman–Crippen LogP) is 4.20. The van der Waals surface area contributed by atoms with Crippen molar-refractivity contribution in [1.82, 2.24) is 4.98 Å². The van der Waals surface area contributed by atoms with Crippen molar-refractivity contribution in [1.29, 1.82) is 0 Å². The van der Waals surface area contributed by atoms with Crippen molar-refractivity contribution in [2.45, 2.75) is 27.2 Å². The normalized spacial score (nSPS) is 19.0. The number of nitrogens with one attached hydrogen (secondary N) is 1. The monoisotopic (exact) mass is 346 g/mol. The van der Waals surface area contributed by atoms with E-state index in [0.29, 0.717) is 24.3 Å². The van der Waals surface area contributed by atoms with Crippen molar-refractivity contribution in [2.24, 2.45) is 11.8 Å². The number of benzene rings is 1. The number of amides is 1. The molecule has 5 nitrogen and oxygen atoms in total.